The monoisotopic (exact) mass is 414 g/mol. The summed E-state index contributed by atoms with van der Waals surface area (Å²) in [7, 11) is 0. The number of hydrogen-bond acceptors (Lipinski definition) is 4. The molecule has 0 radical (unpaired) electrons. The lowest BCUT2D eigenvalue weighted by atomic mass is 10.2. The van der Waals surface area contributed by atoms with Gasteiger partial charge in [-0.05, 0) is 36.4 Å². The molecule has 0 aliphatic carbocycles. The van der Waals surface area contributed by atoms with Crippen LogP contribution in [0.2, 0.25) is 10.0 Å². The molecule has 3 aromatic carbocycles. The van der Waals surface area contributed by atoms with E-state index in [0.29, 0.717) is 37.8 Å². The first-order valence-corrected chi connectivity index (χ1v) is 9.56. The van der Waals surface area contributed by atoms with Gasteiger partial charge in [0.15, 0.2) is 5.13 Å². The number of thiazole rings is 1. The molecule has 0 aliphatic heterocycles. The third kappa shape index (κ3) is 3.90. The van der Waals surface area contributed by atoms with E-state index in [2.05, 4.69) is 10.3 Å². The van der Waals surface area contributed by atoms with Gasteiger partial charge in [-0.3, -0.25) is 10.1 Å². The van der Waals surface area contributed by atoms with Gasteiger partial charge in [-0.15, -0.1) is 0 Å². The number of ether oxygens (including phenoxy) is 1. The highest BCUT2D eigenvalue weighted by molar-refractivity contribution is 7.22. The second kappa shape index (κ2) is 7.56. The largest absolute Gasteiger partial charge is 0.457 e. The standard InChI is InChI=1S/C20H12Cl2N2O2S/c21-12-10-15(22)18-17(11-12)27-20(23-18)24-19(25)14-8-4-5-9-16(14)26-13-6-2-1-3-7-13/h1-11H,(H,23,24,25). The van der Waals surface area contributed by atoms with Crippen LogP contribution in [-0.2, 0) is 0 Å². The maximum absolute atomic E-state index is 12.8. The van der Waals surface area contributed by atoms with E-state index in [0.717, 1.165) is 4.70 Å². The van der Waals surface area contributed by atoms with Crippen LogP contribution in [-0.4, -0.2) is 10.9 Å². The van der Waals surface area contributed by atoms with Gasteiger partial charge in [-0.1, -0.05) is 64.9 Å². The summed E-state index contributed by atoms with van der Waals surface area (Å²) in [6, 6.07) is 19.7. The molecule has 0 fully saturated rings. The van der Waals surface area contributed by atoms with Crippen LogP contribution < -0.4 is 10.1 Å². The molecule has 7 heteroatoms. The van der Waals surface area contributed by atoms with E-state index >= 15 is 0 Å². The lowest BCUT2D eigenvalue weighted by Crippen LogP contribution is -2.12. The minimum atomic E-state index is -0.317. The van der Waals surface area contributed by atoms with E-state index in [1.807, 2.05) is 36.4 Å². The van der Waals surface area contributed by atoms with Crippen LogP contribution in [0, 0.1) is 0 Å². The fourth-order valence-corrected chi connectivity index (χ4v) is 4.12. The predicted molar refractivity (Wildman–Crippen MR) is 111 cm³/mol. The maximum atomic E-state index is 12.8. The smallest absolute Gasteiger partial charge is 0.261 e. The lowest BCUT2D eigenvalue weighted by Gasteiger charge is -2.10. The number of anilines is 1. The first-order valence-electron chi connectivity index (χ1n) is 7.99. The molecule has 0 unspecified atom stereocenters. The minimum Gasteiger partial charge on any atom is -0.457 e. The third-order valence-corrected chi connectivity index (χ3v) is 5.16. The summed E-state index contributed by atoms with van der Waals surface area (Å²) in [4.78, 5) is 17.2. The fraction of sp³-hybridized carbons (Fsp3) is 0. The van der Waals surface area contributed by atoms with Crippen LogP contribution in [0.5, 0.6) is 11.5 Å². The lowest BCUT2D eigenvalue weighted by molar-refractivity contribution is 0.102. The van der Waals surface area contributed by atoms with Crippen LogP contribution in [0.25, 0.3) is 10.2 Å². The number of aromatic nitrogens is 1. The Kier molecular flexibility index (Phi) is 4.99. The normalized spacial score (nSPS) is 10.7. The van der Waals surface area contributed by atoms with Gasteiger partial charge in [0, 0.05) is 5.02 Å². The summed E-state index contributed by atoms with van der Waals surface area (Å²) in [5.41, 5.74) is 1.01. The van der Waals surface area contributed by atoms with Crippen molar-refractivity contribution in [1.82, 2.24) is 4.98 Å². The number of amides is 1. The molecule has 0 atom stereocenters. The van der Waals surface area contributed by atoms with Crippen molar-refractivity contribution < 1.29 is 9.53 Å². The topological polar surface area (TPSA) is 51.2 Å². The fourth-order valence-electron chi connectivity index (χ4n) is 2.53. The average molecular weight is 415 g/mol. The first-order chi connectivity index (χ1) is 13.1. The van der Waals surface area contributed by atoms with Crippen LogP contribution in [0.4, 0.5) is 5.13 Å². The highest BCUT2D eigenvalue weighted by Gasteiger charge is 2.16. The second-order valence-corrected chi connectivity index (χ2v) is 7.49. The van der Waals surface area contributed by atoms with Gasteiger partial charge in [0.2, 0.25) is 0 Å². The summed E-state index contributed by atoms with van der Waals surface area (Å²) in [6.07, 6.45) is 0. The average Bonchev–Trinajstić information content (AvgIpc) is 3.05. The van der Waals surface area contributed by atoms with Gasteiger partial charge in [0.05, 0.1) is 15.3 Å². The van der Waals surface area contributed by atoms with Crippen LogP contribution in [0.15, 0.2) is 66.7 Å². The Balaban J connectivity index is 1.61. The number of hydrogen-bond donors (Lipinski definition) is 1. The molecule has 4 rings (SSSR count). The van der Waals surface area contributed by atoms with Crippen molar-refractivity contribution >= 4 is 55.8 Å². The number of para-hydroxylation sites is 2. The molecule has 1 amide bonds. The molecular formula is C20H12Cl2N2O2S. The zero-order valence-electron chi connectivity index (χ0n) is 13.8. The van der Waals surface area contributed by atoms with Gasteiger partial charge in [0.25, 0.3) is 5.91 Å². The number of carbonyl (C=O) groups is 1. The molecule has 4 nitrogen and oxygen atoms in total. The molecule has 0 saturated carbocycles. The highest BCUT2D eigenvalue weighted by atomic mass is 35.5. The molecule has 1 N–H and O–H groups in total. The quantitative estimate of drug-likeness (QED) is 0.406. The Hall–Kier alpha value is -2.60. The third-order valence-electron chi connectivity index (χ3n) is 3.74. The Morgan fingerprint density at radius 3 is 2.56 bits per heavy atom. The number of fused-ring (bicyclic) bond motifs is 1. The Labute approximate surface area is 169 Å². The minimum absolute atomic E-state index is 0.317. The summed E-state index contributed by atoms with van der Waals surface area (Å²) < 4.78 is 6.65. The van der Waals surface area contributed by atoms with E-state index in [1.54, 1.807) is 30.3 Å². The molecule has 27 heavy (non-hydrogen) atoms. The number of halogens is 2. The Bertz CT molecular complexity index is 1130. The molecule has 0 saturated heterocycles. The summed E-state index contributed by atoms with van der Waals surface area (Å²) in [5.74, 6) is 0.797. The SMILES string of the molecule is O=C(Nc1nc2c(Cl)cc(Cl)cc2s1)c1ccccc1Oc1ccccc1. The van der Waals surface area contributed by atoms with Crippen molar-refractivity contribution in [2.24, 2.45) is 0 Å². The molecule has 1 aromatic heterocycles. The van der Waals surface area contributed by atoms with E-state index < -0.39 is 0 Å². The highest BCUT2D eigenvalue weighted by Crippen LogP contribution is 2.34. The van der Waals surface area contributed by atoms with Gasteiger partial charge in [0.1, 0.15) is 17.0 Å². The molecule has 0 bridgehead atoms. The maximum Gasteiger partial charge on any atom is 0.261 e. The first kappa shape index (κ1) is 17.8. The van der Waals surface area contributed by atoms with Crippen LogP contribution in [0.3, 0.4) is 0 Å². The van der Waals surface area contributed by atoms with Crippen molar-refractivity contribution in [3.63, 3.8) is 0 Å². The van der Waals surface area contributed by atoms with Crippen molar-refractivity contribution in [2.45, 2.75) is 0 Å². The zero-order valence-corrected chi connectivity index (χ0v) is 16.1. The molecule has 4 aromatic rings. The number of benzene rings is 3. The van der Waals surface area contributed by atoms with Gasteiger partial charge in [-0.2, -0.15) is 0 Å². The summed E-state index contributed by atoms with van der Waals surface area (Å²) >= 11 is 13.5. The van der Waals surface area contributed by atoms with E-state index in [1.165, 1.54) is 11.3 Å². The van der Waals surface area contributed by atoms with Crippen LogP contribution in [0.1, 0.15) is 10.4 Å². The van der Waals surface area contributed by atoms with Gasteiger partial charge < -0.3 is 4.74 Å². The molecule has 134 valence electrons. The number of nitrogens with zero attached hydrogens (tertiary/aromatic N) is 1. The van der Waals surface area contributed by atoms with Crippen molar-refractivity contribution in [3.05, 3.63) is 82.3 Å². The van der Waals surface area contributed by atoms with Crippen molar-refractivity contribution in [1.29, 1.82) is 0 Å². The molecular weight excluding hydrogens is 403 g/mol. The van der Waals surface area contributed by atoms with E-state index in [-0.39, 0.29) is 5.91 Å². The molecule has 1 heterocycles. The van der Waals surface area contributed by atoms with Crippen molar-refractivity contribution in [3.8, 4) is 11.5 Å². The van der Waals surface area contributed by atoms with Crippen LogP contribution >= 0.6 is 34.5 Å². The molecule has 0 aliphatic rings. The number of carbonyl (C=O) groups excluding carboxylic acids is 1. The zero-order chi connectivity index (χ0) is 18.8. The number of rotatable bonds is 4. The number of nitrogens with one attached hydrogen (secondary N) is 1. The van der Waals surface area contributed by atoms with E-state index in [9.17, 15) is 4.79 Å². The second-order valence-electron chi connectivity index (χ2n) is 5.62. The Morgan fingerprint density at radius 1 is 1.00 bits per heavy atom. The van der Waals surface area contributed by atoms with E-state index in [4.69, 9.17) is 27.9 Å². The molecule has 0 spiro atoms. The Morgan fingerprint density at radius 2 is 1.74 bits per heavy atom. The van der Waals surface area contributed by atoms with Crippen molar-refractivity contribution in [2.75, 3.05) is 5.32 Å². The predicted octanol–water partition coefficient (Wildman–Crippen LogP) is 6.65. The van der Waals surface area contributed by atoms with Gasteiger partial charge in [-0.25, -0.2) is 4.98 Å². The summed E-state index contributed by atoms with van der Waals surface area (Å²) in [6.45, 7) is 0. The van der Waals surface area contributed by atoms with Gasteiger partial charge >= 0.3 is 0 Å². The summed E-state index contributed by atoms with van der Waals surface area (Å²) in [5, 5.41) is 4.22.